The smallest absolute Gasteiger partial charge is 0.244 e. The van der Waals surface area contributed by atoms with Crippen LogP contribution in [0.5, 0.6) is 0 Å². The van der Waals surface area contributed by atoms with Crippen molar-refractivity contribution in [2.24, 2.45) is 5.73 Å². The summed E-state index contributed by atoms with van der Waals surface area (Å²) in [5.74, 6) is -0.908. The minimum absolute atomic E-state index is 0.0577. The second-order valence-electron chi connectivity index (χ2n) is 2.33. The van der Waals surface area contributed by atoms with E-state index in [1.54, 1.807) is 7.05 Å². The second kappa shape index (κ2) is 4.33. The van der Waals surface area contributed by atoms with Gasteiger partial charge in [0, 0.05) is 12.6 Å². The van der Waals surface area contributed by atoms with Gasteiger partial charge in [0.25, 0.3) is 0 Å². The van der Waals surface area contributed by atoms with E-state index in [1.165, 1.54) is 11.1 Å². The second-order valence-corrected chi connectivity index (χ2v) is 2.33. The van der Waals surface area contributed by atoms with Crippen molar-refractivity contribution >= 4 is 11.8 Å². The van der Waals surface area contributed by atoms with Crippen molar-refractivity contribution in [3.05, 3.63) is 24.9 Å². The van der Waals surface area contributed by atoms with E-state index in [-0.39, 0.29) is 17.9 Å². The Bertz CT molecular complexity index is 233. The monoisotopic (exact) mass is 168 g/mol. The van der Waals surface area contributed by atoms with Crippen LogP contribution in [0.4, 0.5) is 0 Å². The fraction of sp³-hybridized carbons (Fsp3) is 0.250. The molecule has 2 N–H and O–H groups in total. The number of hydrogen-bond donors (Lipinski definition) is 1. The molecule has 0 fully saturated rings. The van der Waals surface area contributed by atoms with Crippen molar-refractivity contribution in [1.82, 2.24) is 4.90 Å². The van der Waals surface area contributed by atoms with Gasteiger partial charge in [-0.05, 0) is 6.20 Å². The summed E-state index contributed by atoms with van der Waals surface area (Å²) in [6.45, 7) is 6.75. The summed E-state index contributed by atoms with van der Waals surface area (Å²) in [5.41, 5.74) is 5.00. The molecule has 0 heterocycles. The quantitative estimate of drug-likeness (QED) is 0.601. The van der Waals surface area contributed by atoms with Gasteiger partial charge in [0.05, 0.1) is 6.42 Å². The first kappa shape index (κ1) is 10.4. The average molecular weight is 168 g/mol. The topological polar surface area (TPSA) is 63.4 Å². The molecule has 0 bridgehead atoms. The van der Waals surface area contributed by atoms with E-state index in [2.05, 4.69) is 13.2 Å². The lowest BCUT2D eigenvalue weighted by Gasteiger charge is -2.10. The number of carbonyl (C=O) groups excluding carboxylic acids is 2. The number of carbonyl (C=O) groups is 2. The summed E-state index contributed by atoms with van der Waals surface area (Å²) in [6.07, 6.45) is 1.30. The molecule has 0 aliphatic carbocycles. The molecule has 2 amide bonds. The van der Waals surface area contributed by atoms with Gasteiger partial charge < -0.3 is 10.6 Å². The van der Waals surface area contributed by atoms with Crippen molar-refractivity contribution in [3.8, 4) is 0 Å². The third kappa shape index (κ3) is 3.01. The van der Waals surface area contributed by atoms with E-state index in [4.69, 9.17) is 5.73 Å². The summed E-state index contributed by atoms with van der Waals surface area (Å²) in [5, 5.41) is 0. The normalized spacial score (nSPS) is 8.75. The first-order valence-electron chi connectivity index (χ1n) is 3.34. The van der Waals surface area contributed by atoms with E-state index in [0.29, 0.717) is 0 Å². The molecule has 0 rings (SSSR count). The lowest BCUT2D eigenvalue weighted by atomic mass is 10.2. The SMILES string of the molecule is C=CN(C)C(=O)CC(=C)C(N)=O. The van der Waals surface area contributed by atoms with E-state index < -0.39 is 5.91 Å². The molecule has 0 radical (unpaired) electrons. The standard InChI is InChI=1S/C8H12N2O2/c1-4-10(3)7(11)5-6(2)8(9)12/h4H,1-2,5H2,3H3,(H2,9,12). The van der Waals surface area contributed by atoms with Gasteiger partial charge in [-0.1, -0.05) is 13.2 Å². The zero-order valence-corrected chi connectivity index (χ0v) is 7.04. The van der Waals surface area contributed by atoms with Crippen LogP contribution in [0, 0.1) is 0 Å². The maximum absolute atomic E-state index is 11.1. The lowest BCUT2D eigenvalue weighted by Crippen LogP contribution is -2.24. The highest BCUT2D eigenvalue weighted by molar-refractivity contribution is 5.97. The first-order chi connectivity index (χ1) is 5.49. The van der Waals surface area contributed by atoms with Crippen molar-refractivity contribution in [2.45, 2.75) is 6.42 Å². The van der Waals surface area contributed by atoms with Crippen LogP contribution in [-0.4, -0.2) is 23.8 Å². The van der Waals surface area contributed by atoms with Crippen LogP contribution < -0.4 is 5.73 Å². The molecule has 0 atom stereocenters. The van der Waals surface area contributed by atoms with Crippen LogP contribution in [0.15, 0.2) is 24.9 Å². The molecule has 0 spiro atoms. The zero-order chi connectivity index (χ0) is 9.72. The van der Waals surface area contributed by atoms with Crippen LogP contribution in [0.2, 0.25) is 0 Å². The van der Waals surface area contributed by atoms with Gasteiger partial charge in [-0.3, -0.25) is 9.59 Å². The summed E-state index contributed by atoms with van der Waals surface area (Å²) in [7, 11) is 1.55. The van der Waals surface area contributed by atoms with E-state index in [1.807, 2.05) is 0 Å². The van der Waals surface area contributed by atoms with Gasteiger partial charge in [-0.15, -0.1) is 0 Å². The Morgan fingerprint density at radius 3 is 2.42 bits per heavy atom. The maximum atomic E-state index is 11.1. The molecule has 4 nitrogen and oxygen atoms in total. The molecule has 0 aromatic carbocycles. The summed E-state index contributed by atoms with van der Waals surface area (Å²) in [6, 6.07) is 0. The maximum Gasteiger partial charge on any atom is 0.244 e. The Kier molecular flexibility index (Phi) is 3.76. The molecule has 0 aromatic rings. The van der Waals surface area contributed by atoms with Crippen molar-refractivity contribution in [3.63, 3.8) is 0 Å². The van der Waals surface area contributed by atoms with Crippen LogP contribution in [0.3, 0.4) is 0 Å². The number of rotatable bonds is 4. The molecule has 0 unspecified atom stereocenters. The highest BCUT2D eigenvalue weighted by atomic mass is 16.2. The average Bonchev–Trinajstić information content (AvgIpc) is 2.02. The van der Waals surface area contributed by atoms with Gasteiger partial charge in [0.2, 0.25) is 11.8 Å². The van der Waals surface area contributed by atoms with Crippen molar-refractivity contribution < 1.29 is 9.59 Å². The van der Waals surface area contributed by atoms with Crippen LogP contribution in [0.1, 0.15) is 6.42 Å². The molecule has 12 heavy (non-hydrogen) atoms. The molecule has 0 aromatic heterocycles. The third-order valence-corrected chi connectivity index (χ3v) is 1.38. The predicted octanol–water partition coefficient (Wildman–Crippen LogP) is 0.0199. The predicted molar refractivity (Wildman–Crippen MR) is 45.9 cm³/mol. The fourth-order valence-electron chi connectivity index (χ4n) is 0.496. The van der Waals surface area contributed by atoms with Crippen molar-refractivity contribution in [1.29, 1.82) is 0 Å². The van der Waals surface area contributed by atoms with Gasteiger partial charge in [-0.25, -0.2) is 0 Å². The zero-order valence-electron chi connectivity index (χ0n) is 7.04. The number of nitrogens with two attached hydrogens (primary N) is 1. The molecule has 0 saturated carbocycles. The van der Waals surface area contributed by atoms with Gasteiger partial charge in [0.15, 0.2) is 0 Å². The summed E-state index contributed by atoms with van der Waals surface area (Å²) < 4.78 is 0. The van der Waals surface area contributed by atoms with E-state index >= 15 is 0 Å². The summed E-state index contributed by atoms with van der Waals surface area (Å²) >= 11 is 0. The Balaban J connectivity index is 4.10. The Labute approximate surface area is 71.3 Å². The highest BCUT2D eigenvalue weighted by Crippen LogP contribution is 2.00. The van der Waals surface area contributed by atoms with E-state index in [0.717, 1.165) is 0 Å². The van der Waals surface area contributed by atoms with Gasteiger partial charge >= 0.3 is 0 Å². The molecule has 4 heteroatoms. The fourth-order valence-corrected chi connectivity index (χ4v) is 0.496. The number of primary amides is 1. The first-order valence-corrected chi connectivity index (χ1v) is 3.34. The number of nitrogens with zero attached hydrogens (tertiary/aromatic N) is 1. The largest absolute Gasteiger partial charge is 0.366 e. The third-order valence-electron chi connectivity index (χ3n) is 1.38. The lowest BCUT2D eigenvalue weighted by molar-refractivity contribution is -0.128. The summed E-state index contributed by atoms with van der Waals surface area (Å²) in [4.78, 5) is 22.8. The molecule has 66 valence electrons. The number of hydrogen-bond acceptors (Lipinski definition) is 2. The molecular formula is C8H12N2O2. The van der Waals surface area contributed by atoms with Gasteiger partial charge in [-0.2, -0.15) is 0 Å². The van der Waals surface area contributed by atoms with Crippen LogP contribution in [-0.2, 0) is 9.59 Å². The highest BCUT2D eigenvalue weighted by Gasteiger charge is 2.10. The Hall–Kier alpha value is -1.58. The van der Waals surface area contributed by atoms with Crippen LogP contribution in [0.25, 0.3) is 0 Å². The Morgan fingerprint density at radius 1 is 1.58 bits per heavy atom. The molecule has 0 aliphatic heterocycles. The number of amides is 2. The molecular weight excluding hydrogens is 156 g/mol. The Morgan fingerprint density at radius 2 is 2.08 bits per heavy atom. The minimum atomic E-state index is -0.652. The van der Waals surface area contributed by atoms with Crippen LogP contribution >= 0.6 is 0 Å². The van der Waals surface area contributed by atoms with Crippen molar-refractivity contribution in [2.75, 3.05) is 7.05 Å². The van der Waals surface area contributed by atoms with Gasteiger partial charge in [0.1, 0.15) is 0 Å². The van der Waals surface area contributed by atoms with E-state index in [9.17, 15) is 9.59 Å². The molecule has 0 aliphatic rings. The minimum Gasteiger partial charge on any atom is -0.366 e. The molecule has 0 saturated heterocycles.